The Kier molecular flexibility index (Phi) is 5.05. The molecule has 1 aliphatic heterocycles. The van der Waals surface area contributed by atoms with Crippen molar-refractivity contribution in [3.05, 3.63) is 30.1 Å². The number of hydrogen-bond donors (Lipinski definition) is 1. The van der Waals surface area contributed by atoms with E-state index in [1.54, 1.807) is 0 Å². The molecule has 0 saturated carbocycles. The van der Waals surface area contributed by atoms with Gasteiger partial charge in [0, 0.05) is 37.7 Å². The van der Waals surface area contributed by atoms with Crippen LogP contribution in [0.2, 0.25) is 0 Å². The van der Waals surface area contributed by atoms with Gasteiger partial charge < -0.3 is 4.57 Å². The highest BCUT2D eigenvalue weighted by Gasteiger charge is 2.28. The number of hydrogen-bond acceptors (Lipinski definition) is 5. The second kappa shape index (κ2) is 7.06. The van der Waals surface area contributed by atoms with E-state index in [9.17, 15) is 8.42 Å². The third kappa shape index (κ3) is 3.70. The minimum Gasteiger partial charge on any atom is -0.334 e. The number of imidazole rings is 1. The molecule has 1 aliphatic rings. The highest BCUT2D eigenvalue weighted by atomic mass is 32.2. The number of sulfone groups is 1. The summed E-state index contributed by atoms with van der Waals surface area (Å²) in [6.45, 7) is 5.77. The van der Waals surface area contributed by atoms with Crippen LogP contribution in [0.4, 0.5) is 0 Å². The van der Waals surface area contributed by atoms with Crippen LogP contribution in [-0.4, -0.2) is 52.4 Å². The number of aromatic amines is 1. The summed E-state index contributed by atoms with van der Waals surface area (Å²) in [5.74, 6) is 1.24. The Morgan fingerprint density at radius 2 is 2.25 bits per heavy atom. The maximum Gasteiger partial charge on any atom is 0.178 e. The number of aryl methyl sites for hydroxylation is 1. The number of nitrogens with zero attached hydrogens (tertiary/aromatic N) is 4. The average Bonchev–Trinajstić information content (AvgIpc) is 3.17. The summed E-state index contributed by atoms with van der Waals surface area (Å²) >= 11 is 0. The van der Waals surface area contributed by atoms with Crippen LogP contribution in [0.15, 0.2) is 23.5 Å². The molecule has 8 heteroatoms. The molecule has 2 aromatic heterocycles. The topological polar surface area (TPSA) is 83.9 Å². The number of aromatic nitrogens is 4. The van der Waals surface area contributed by atoms with E-state index in [1.807, 2.05) is 12.4 Å². The van der Waals surface area contributed by atoms with E-state index < -0.39 is 9.84 Å². The van der Waals surface area contributed by atoms with Gasteiger partial charge in [-0.25, -0.2) is 13.4 Å². The Morgan fingerprint density at radius 1 is 1.42 bits per heavy atom. The minimum absolute atomic E-state index is 0.167. The summed E-state index contributed by atoms with van der Waals surface area (Å²) in [6.07, 6.45) is 9.64. The molecule has 132 valence electrons. The second-order valence-corrected chi connectivity index (χ2v) is 8.52. The maximum atomic E-state index is 11.9. The van der Waals surface area contributed by atoms with Crippen molar-refractivity contribution in [1.82, 2.24) is 24.6 Å². The molecule has 1 atom stereocenters. The van der Waals surface area contributed by atoms with Gasteiger partial charge in [0.05, 0.1) is 18.4 Å². The molecule has 3 rings (SSSR count). The van der Waals surface area contributed by atoms with E-state index in [1.165, 1.54) is 12.5 Å². The first-order chi connectivity index (χ1) is 11.5. The molecule has 2 aromatic rings. The number of H-pyrrole nitrogens is 1. The molecule has 0 bridgehead atoms. The molecular weight excluding hydrogens is 326 g/mol. The molecule has 3 heterocycles. The van der Waals surface area contributed by atoms with E-state index in [0.29, 0.717) is 4.90 Å². The van der Waals surface area contributed by atoms with Crippen molar-refractivity contribution in [1.29, 1.82) is 0 Å². The molecule has 7 nitrogen and oxygen atoms in total. The molecule has 0 aromatic carbocycles. The van der Waals surface area contributed by atoms with Crippen LogP contribution in [0.1, 0.15) is 43.6 Å². The van der Waals surface area contributed by atoms with Gasteiger partial charge in [0.25, 0.3) is 0 Å². The molecule has 24 heavy (non-hydrogen) atoms. The van der Waals surface area contributed by atoms with E-state index in [4.69, 9.17) is 0 Å². The Hall–Kier alpha value is -1.67. The molecular formula is C16H25N5O2S. The predicted molar refractivity (Wildman–Crippen MR) is 91.5 cm³/mol. The fourth-order valence-corrected chi connectivity index (χ4v) is 4.30. The van der Waals surface area contributed by atoms with Gasteiger partial charge in [-0.3, -0.25) is 10.00 Å². The van der Waals surface area contributed by atoms with Gasteiger partial charge in [-0.05, 0) is 25.8 Å². The fraction of sp³-hybridized carbons (Fsp3) is 0.625. The van der Waals surface area contributed by atoms with Crippen LogP contribution in [0, 0.1) is 0 Å². The van der Waals surface area contributed by atoms with Gasteiger partial charge in [-0.2, -0.15) is 5.10 Å². The molecule has 1 saturated heterocycles. The predicted octanol–water partition coefficient (Wildman–Crippen LogP) is 1.80. The van der Waals surface area contributed by atoms with Gasteiger partial charge in [0.1, 0.15) is 10.7 Å². The lowest BCUT2D eigenvalue weighted by molar-refractivity contribution is 0.190. The standard InChI is InChI=1S/C16H25N5O2S/c1-3-7-21-9-6-17-15(21)12-20-8-4-5-13(11-20)16-14(10-18-19-16)24(2,22)23/h6,9-10,13H,3-5,7-8,11-12H2,1-2H3,(H,18,19)/t13-/m0/s1. The zero-order chi connectivity index (χ0) is 17.2. The van der Waals surface area contributed by atoms with Crippen molar-refractivity contribution in [2.24, 2.45) is 0 Å². The summed E-state index contributed by atoms with van der Waals surface area (Å²) in [5, 5.41) is 6.88. The molecule has 0 unspecified atom stereocenters. The number of likely N-dealkylation sites (tertiary alicyclic amines) is 1. The lowest BCUT2D eigenvalue weighted by Crippen LogP contribution is -2.35. The summed E-state index contributed by atoms with van der Waals surface area (Å²) in [5.41, 5.74) is 0.749. The van der Waals surface area contributed by atoms with Crippen molar-refractivity contribution in [2.75, 3.05) is 19.3 Å². The van der Waals surface area contributed by atoms with Gasteiger partial charge in [0.15, 0.2) is 9.84 Å². The van der Waals surface area contributed by atoms with Crippen molar-refractivity contribution in [3.8, 4) is 0 Å². The van der Waals surface area contributed by atoms with Crippen LogP contribution in [0.3, 0.4) is 0 Å². The van der Waals surface area contributed by atoms with Gasteiger partial charge >= 0.3 is 0 Å². The first-order valence-corrected chi connectivity index (χ1v) is 10.3. The van der Waals surface area contributed by atoms with E-state index in [-0.39, 0.29) is 5.92 Å². The summed E-state index contributed by atoms with van der Waals surface area (Å²) in [6, 6.07) is 0. The third-order valence-corrected chi connectivity index (χ3v) is 5.70. The summed E-state index contributed by atoms with van der Waals surface area (Å²) in [4.78, 5) is 7.17. The smallest absolute Gasteiger partial charge is 0.178 e. The molecule has 0 spiro atoms. The van der Waals surface area contributed by atoms with Crippen molar-refractivity contribution >= 4 is 9.84 Å². The lowest BCUT2D eigenvalue weighted by atomic mass is 9.95. The van der Waals surface area contributed by atoms with Gasteiger partial charge in [-0.1, -0.05) is 6.92 Å². The highest BCUT2D eigenvalue weighted by Crippen LogP contribution is 2.30. The molecule has 0 amide bonds. The fourth-order valence-electron chi connectivity index (χ4n) is 3.44. The van der Waals surface area contributed by atoms with Crippen LogP contribution >= 0.6 is 0 Å². The van der Waals surface area contributed by atoms with E-state index >= 15 is 0 Å². The largest absolute Gasteiger partial charge is 0.334 e. The summed E-state index contributed by atoms with van der Waals surface area (Å²) < 4.78 is 26.0. The lowest BCUT2D eigenvalue weighted by Gasteiger charge is -2.32. The van der Waals surface area contributed by atoms with Crippen LogP contribution in [0.25, 0.3) is 0 Å². The summed E-state index contributed by atoms with van der Waals surface area (Å²) in [7, 11) is -3.25. The zero-order valence-corrected chi connectivity index (χ0v) is 15.1. The zero-order valence-electron chi connectivity index (χ0n) is 14.3. The minimum atomic E-state index is -3.25. The molecule has 0 aliphatic carbocycles. The average molecular weight is 351 g/mol. The Bertz CT molecular complexity index is 780. The van der Waals surface area contributed by atoms with Crippen LogP contribution in [-0.2, 0) is 22.9 Å². The van der Waals surface area contributed by atoms with Gasteiger partial charge in [0.2, 0.25) is 0 Å². The van der Waals surface area contributed by atoms with Crippen molar-refractivity contribution < 1.29 is 8.42 Å². The molecule has 1 N–H and O–H groups in total. The normalized spacial score (nSPS) is 19.7. The Balaban J connectivity index is 1.73. The first kappa shape index (κ1) is 17.2. The maximum absolute atomic E-state index is 11.9. The van der Waals surface area contributed by atoms with Crippen molar-refractivity contribution in [2.45, 2.75) is 50.1 Å². The van der Waals surface area contributed by atoms with E-state index in [2.05, 4.69) is 31.6 Å². The third-order valence-electron chi connectivity index (χ3n) is 4.58. The quantitative estimate of drug-likeness (QED) is 0.858. The SMILES string of the molecule is CCCn1ccnc1CN1CCC[C@H](c2[nH]ncc2S(C)(=O)=O)C1. The van der Waals surface area contributed by atoms with Crippen LogP contribution < -0.4 is 0 Å². The second-order valence-electron chi connectivity index (χ2n) is 6.53. The Morgan fingerprint density at radius 3 is 3.00 bits per heavy atom. The Labute approximate surface area is 143 Å². The molecule has 0 radical (unpaired) electrons. The van der Waals surface area contributed by atoms with Crippen LogP contribution in [0.5, 0.6) is 0 Å². The number of rotatable bonds is 6. The monoisotopic (exact) mass is 351 g/mol. The number of piperidine rings is 1. The first-order valence-electron chi connectivity index (χ1n) is 8.44. The molecule has 1 fully saturated rings. The van der Waals surface area contributed by atoms with E-state index in [0.717, 1.165) is 57.0 Å². The van der Waals surface area contributed by atoms with Gasteiger partial charge in [-0.15, -0.1) is 0 Å². The van der Waals surface area contributed by atoms with Crippen molar-refractivity contribution in [3.63, 3.8) is 0 Å². The highest BCUT2D eigenvalue weighted by molar-refractivity contribution is 7.90. The number of nitrogens with one attached hydrogen (secondary N) is 1.